The van der Waals surface area contributed by atoms with Gasteiger partial charge in [0, 0.05) is 15.9 Å². The number of carboxylic acid groups (broad SMARTS) is 1. The van der Waals surface area contributed by atoms with E-state index in [9.17, 15) is 14.7 Å². The first-order valence-corrected chi connectivity index (χ1v) is 8.57. The van der Waals surface area contributed by atoms with Crippen molar-refractivity contribution in [2.45, 2.75) is 18.9 Å². The molecular weight excluding hydrogens is 366 g/mol. The molecule has 1 saturated heterocycles. The Hall–Kier alpha value is -1.66. The fourth-order valence-corrected chi connectivity index (χ4v) is 3.86. The number of carbonyl (C=O) groups excluding carboxylic acids is 1. The molecule has 114 valence electrons. The topological polar surface area (TPSA) is 57.6 Å². The molecule has 2 heterocycles. The van der Waals surface area contributed by atoms with E-state index in [2.05, 4.69) is 15.9 Å². The van der Waals surface area contributed by atoms with Crippen LogP contribution in [0.3, 0.4) is 0 Å². The fraction of sp³-hybridized carbons (Fsp3) is 0.250. The zero-order valence-electron chi connectivity index (χ0n) is 11.7. The van der Waals surface area contributed by atoms with Crippen molar-refractivity contribution in [3.05, 3.63) is 45.7 Å². The Morgan fingerprint density at radius 1 is 1.18 bits per heavy atom. The smallest absolute Gasteiger partial charge is 0.326 e. The lowest BCUT2D eigenvalue weighted by molar-refractivity contribution is -0.141. The lowest BCUT2D eigenvalue weighted by atomic mass is 10.2. The van der Waals surface area contributed by atoms with Gasteiger partial charge < -0.3 is 10.0 Å². The van der Waals surface area contributed by atoms with E-state index in [0.717, 1.165) is 21.3 Å². The van der Waals surface area contributed by atoms with Crippen LogP contribution in [0.4, 0.5) is 0 Å². The Bertz CT molecular complexity index is 710. The Morgan fingerprint density at radius 2 is 1.91 bits per heavy atom. The van der Waals surface area contributed by atoms with E-state index in [-0.39, 0.29) is 5.91 Å². The second kappa shape index (κ2) is 6.22. The third-order valence-electron chi connectivity index (χ3n) is 3.74. The van der Waals surface area contributed by atoms with Gasteiger partial charge in [-0.1, -0.05) is 28.1 Å². The van der Waals surface area contributed by atoms with Crippen molar-refractivity contribution in [1.29, 1.82) is 0 Å². The fourth-order valence-electron chi connectivity index (χ4n) is 2.63. The summed E-state index contributed by atoms with van der Waals surface area (Å²) in [4.78, 5) is 26.8. The van der Waals surface area contributed by atoms with Crippen LogP contribution < -0.4 is 0 Å². The predicted octanol–water partition coefficient (Wildman–Crippen LogP) is 3.87. The number of aliphatic carboxylic acids is 1. The minimum absolute atomic E-state index is 0.182. The highest BCUT2D eigenvalue weighted by atomic mass is 79.9. The third-order valence-corrected chi connectivity index (χ3v) is 5.40. The summed E-state index contributed by atoms with van der Waals surface area (Å²) in [5.74, 6) is -1.10. The van der Waals surface area contributed by atoms with Gasteiger partial charge in [-0.25, -0.2) is 4.79 Å². The van der Waals surface area contributed by atoms with E-state index < -0.39 is 12.0 Å². The number of hydrogen-bond acceptors (Lipinski definition) is 3. The Balaban J connectivity index is 1.82. The van der Waals surface area contributed by atoms with Crippen molar-refractivity contribution < 1.29 is 14.7 Å². The summed E-state index contributed by atoms with van der Waals surface area (Å²) in [5, 5.41) is 9.19. The molecule has 0 unspecified atom stereocenters. The molecule has 1 aromatic carbocycles. The maximum absolute atomic E-state index is 12.5. The molecule has 0 aliphatic carbocycles. The normalized spacial score (nSPS) is 17.7. The number of rotatable bonds is 3. The van der Waals surface area contributed by atoms with Crippen molar-refractivity contribution in [2.24, 2.45) is 0 Å². The number of nitrogens with zero attached hydrogens (tertiary/aromatic N) is 1. The van der Waals surface area contributed by atoms with E-state index in [1.165, 1.54) is 16.2 Å². The molecule has 1 atom stereocenters. The largest absolute Gasteiger partial charge is 0.480 e. The molecule has 22 heavy (non-hydrogen) atoms. The quantitative estimate of drug-likeness (QED) is 0.880. The van der Waals surface area contributed by atoms with Crippen LogP contribution in [-0.2, 0) is 4.79 Å². The lowest BCUT2D eigenvalue weighted by Gasteiger charge is -2.20. The summed E-state index contributed by atoms with van der Waals surface area (Å²) in [6.07, 6.45) is 1.28. The third kappa shape index (κ3) is 2.94. The zero-order valence-corrected chi connectivity index (χ0v) is 14.1. The molecule has 0 radical (unpaired) electrons. The average Bonchev–Trinajstić information content (AvgIpc) is 3.17. The van der Waals surface area contributed by atoms with Crippen molar-refractivity contribution in [3.63, 3.8) is 0 Å². The Morgan fingerprint density at radius 3 is 2.59 bits per heavy atom. The summed E-state index contributed by atoms with van der Waals surface area (Å²) < 4.78 is 1.01. The molecule has 3 rings (SSSR count). The van der Waals surface area contributed by atoms with E-state index in [1.807, 2.05) is 30.3 Å². The number of amides is 1. The van der Waals surface area contributed by atoms with E-state index in [0.29, 0.717) is 17.8 Å². The summed E-state index contributed by atoms with van der Waals surface area (Å²) in [6.45, 7) is 0.515. The van der Waals surface area contributed by atoms with Crippen LogP contribution in [0.2, 0.25) is 0 Å². The molecule has 1 aliphatic heterocycles. The molecule has 1 fully saturated rings. The van der Waals surface area contributed by atoms with Crippen LogP contribution in [0, 0.1) is 0 Å². The minimum Gasteiger partial charge on any atom is -0.480 e. The first-order chi connectivity index (χ1) is 10.6. The standard InChI is InChI=1S/C16H14BrNO3S/c17-11-5-3-10(4-6-11)13-7-8-14(22-13)15(19)18-9-1-2-12(18)16(20)21/h3-8,12H,1-2,9H2,(H,20,21)/t12-/m1/s1. The monoisotopic (exact) mass is 379 g/mol. The summed E-state index contributed by atoms with van der Waals surface area (Å²) in [5.41, 5.74) is 1.04. The van der Waals surface area contributed by atoms with E-state index in [1.54, 1.807) is 6.07 Å². The Kier molecular flexibility index (Phi) is 4.31. The molecule has 2 aromatic rings. The highest BCUT2D eigenvalue weighted by Gasteiger charge is 2.34. The number of halogens is 1. The number of benzene rings is 1. The van der Waals surface area contributed by atoms with Crippen LogP contribution in [0.1, 0.15) is 22.5 Å². The highest BCUT2D eigenvalue weighted by Crippen LogP contribution is 2.31. The van der Waals surface area contributed by atoms with Gasteiger partial charge in [-0.2, -0.15) is 0 Å². The van der Waals surface area contributed by atoms with Crippen LogP contribution in [-0.4, -0.2) is 34.5 Å². The van der Waals surface area contributed by atoms with Crippen molar-refractivity contribution >= 4 is 39.1 Å². The van der Waals surface area contributed by atoms with Gasteiger partial charge in [0.25, 0.3) is 5.91 Å². The van der Waals surface area contributed by atoms with Gasteiger partial charge in [0.15, 0.2) is 0 Å². The second-order valence-electron chi connectivity index (χ2n) is 5.17. The predicted molar refractivity (Wildman–Crippen MR) is 89.1 cm³/mol. The second-order valence-corrected chi connectivity index (χ2v) is 7.17. The SMILES string of the molecule is O=C(O)[C@H]1CCCN1C(=O)c1ccc(-c2ccc(Br)cc2)s1. The molecule has 0 saturated carbocycles. The summed E-state index contributed by atoms with van der Waals surface area (Å²) >= 11 is 4.80. The van der Waals surface area contributed by atoms with E-state index >= 15 is 0 Å². The van der Waals surface area contributed by atoms with Crippen molar-refractivity contribution in [1.82, 2.24) is 4.90 Å². The molecule has 1 aromatic heterocycles. The summed E-state index contributed by atoms with van der Waals surface area (Å²) in [6, 6.07) is 10.9. The number of carbonyl (C=O) groups is 2. The molecule has 6 heteroatoms. The van der Waals surface area contributed by atoms with Crippen molar-refractivity contribution in [3.8, 4) is 10.4 Å². The summed E-state index contributed by atoms with van der Waals surface area (Å²) in [7, 11) is 0. The maximum atomic E-state index is 12.5. The average molecular weight is 380 g/mol. The minimum atomic E-state index is -0.921. The van der Waals surface area contributed by atoms with Gasteiger partial charge in [-0.05, 0) is 42.7 Å². The van der Waals surface area contributed by atoms with Gasteiger partial charge >= 0.3 is 5.97 Å². The molecular formula is C16H14BrNO3S. The van der Waals surface area contributed by atoms with Crippen LogP contribution in [0.5, 0.6) is 0 Å². The highest BCUT2D eigenvalue weighted by molar-refractivity contribution is 9.10. The van der Waals surface area contributed by atoms with Crippen LogP contribution in [0.25, 0.3) is 10.4 Å². The molecule has 0 bridgehead atoms. The number of carboxylic acids is 1. The van der Waals surface area contributed by atoms with Gasteiger partial charge in [0.1, 0.15) is 6.04 Å². The zero-order chi connectivity index (χ0) is 15.7. The lowest BCUT2D eigenvalue weighted by Crippen LogP contribution is -2.40. The van der Waals surface area contributed by atoms with Crippen LogP contribution in [0.15, 0.2) is 40.9 Å². The maximum Gasteiger partial charge on any atom is 0.326 e. The van der Waals surface area contributed by atoms with Gasteiger partial charge in [0.05, 0.1) is 4.88 Å². The first-order valence-electron chi connectivity index (χ1n) is 6.96. The Labute approximate surface area is 140 Å². The van der Waals surface area contributed by atoms with Gasteiger partial charge in [0.2, 0.25) is 0 Å². The van der Waals surface area contributed by atoms with Crippen LogP contribution >= 0.6 is 27.3 Å². The number of hydrogen-bond donors (Lipinski definition) is 1. The molecule has 0 spiro atoms. The molecule has 1 N–H and O–H groups in total. The molecule has 4 nitrogen and oxygen atoms in total. The first kappa shape index (κ1) is 15.2. The van der Waals surface area contributed by atoms with Gasteiger partial charge in [-0.15, -0.1) is 11.3 Å². The van der Waals surface area contributed by atoms with Crippen molar-refractivity contribution in [2.75, 3.05) is 6.54 Å². The molecule has 1 amide bonds. The number of likely N-dealkylation sites (tertiary alicyclic amines) is 1. The number of thiophene rings is 1. The van der Waals surface area contributed by atoms with E-state index in [4.69, 9.17) is 0 Å². The molecule has 1 aliphatic rings. The van der Waals surface area contributed by atoms with Gasteiger partial charge in [-0.3, -0.25) is 4.79 Å².